The highest BCUT2D eigenvalue weighted by atomic mass is 32.2. The Morgan fingerprint density at radius 3 is 2.82 bits per heavy atom. The van der Waals surface area contributed by atoms with E-state index in [4.69, 9.17) is 0 Å². The molecule has 0 spiro atoms. The number of hydrogen-bond donors (Lipinski definition) is 1. The average molecular weight is 169 g/mol. The van der Waals surface area contributed by atoms with Gasteiger partial charge in [-0.2, -0.15) is 11.8 Å². The molecule has 0 amide bonds. The molecule has 0 aliphatic heterocycles. The Bertz CT molecular complexity index is 190. The van der Waals surface area contributed by atoms with Crippen molar-refractivity contribution in [1.82, 2.24) is 9.97 Å². The van der Waals surface area contributed by atoms with Crippen LogP contribution in [0.25, 0.3) is 0 Å². The van der Waals surface area contributed by atoms with Gasteiger partial charge in [0.25, 0.3) is 0 Å². The molecule has 0 unspecified atom stereocenters. The minimum atomic E-state index is 0.710. The van der Waals surface area contributed by atoms with Gasteiger partial charge < -0.3 is 5.32 Å². The van der Waals surface area contributed by atoms with Gasteiger partial charge >= 0.3 is 0 Å². The summed E-state index contributed by atoms with van der Waals surface area (Å²) in [6, 6.07) is 1.81. The van der Waals surface area contributed by atoms with E-state index in [1.165, 1.54) is 0 Å². The second-order valence-corrected chi connectivity index (χ2v) is 2.98. The van der Waals surface area contributed by atoms with Crippen LogP contribution in [0.2, 0.25) is 0 Å². The summed E-state index contributed by atoms with van der Waals surface area (Å²) in [6.45, 7) is 0.922. The first kappa shape index (κ1) is 8.33. The van der Waals surface area contributed by atoms with Gasteiger partial charge in [-0.25, -0.2) is 9.97 Å². The SMILES string of the molecule is CSCCNc1ncccn1. The molecule has 0 aromatic carbocycles. The molecule has 0 bridgehead atoms. The summed E-state index contributed by atoms with van der Waals surface area (Å²) < 4.78 is 0. The summed E-state index contributed by atoms with van der Waals surface area (Å²) in [7, 11) is 0. The predicted octanol–water partition coefficient (Wildman–Crippen LogP) is 1.25. The molecule has 4 heteroatoms. The molecule has 11 heavy (non-hydrogen) atoms. The molecule has 1 N–H and O–H groups in total. The minimum Gasteiger partial charge on any atom is -0.353 e. The highest BCUT2D eigenvalue weighted by Gasteiger charge is 1.89. The third-order valence-corrected chi connectivity index (χ3v) is 1.77. The van der Waals surface area contributed by atoms with E-state index in [1.54, 1.807) is 30.2 Å². The number of nitrogens with zero attached hydrogens (tertiary/aromatic N) is 2. The van der Waals surface area contributed by atoms with Crippen molar-refractivity contribution in [2.45, 2.75) is 0 Å². The summed E-state index contributed by atoms with van der Waals surface area (Å²) in [5, 5.41) is 3.10. The molecule has 1 heterocycles. The Morgan fingerprint density at radius 1 is 1.45 bits per heavy atom. The van der Waals surface area contributed by atoms with Gasteiger partial charge in [-0.3, -0.25) is 0 Å². The minimum absolute atomic E-state index is 0.710. The van der Waals surface area contributed by atoms with E-state index in [9.17, 15) is 0 Å². The van der Waals surface area contributed by atoms with E-state index < -0.39 is 0 Å². The average Bonchev–Trinajstić information content (AvgIpc) is 2.07. The highest BCUT2D eigenvalue weighted by Crippen LogP contribution is 1.95. The highest BCUT2D eigenvalue weighted by molar-refractivity contribution is 7.98. The number of hydrogen-bond acceptors (Lipinski definition) is 4. The van der Waals surface area contributed by atoms with Crippen molar-refractivity contribution < 1.29 is 0 Å². The lowest BCUT2D eigenvalue weighted by Gasteiger charge is -2.00. The van der Waals surface area contributed by atoms with Crippen LogP contribution in [0.3, 0.4) is 0 Å². The van der Waals surface area contributed by atoms with Crippen LogP contribution in [0.5, 0.6) is 0 Å². The van der Waals surface area contributed by atoms with E-state index in [-0.39, 0.29) is 0 Å². The maximum absolute atomic E-state index is 4.02. The predicted molar refractivity (Wildman–Crippen MR) is 48.9 cm³/mol. The molecule has 0 radical (unpaired) electrons. The lowest BCUT2D eigenvalue weighted by atomic mass is 10.6. The summed E-state index contributed by atoms with van der Waals surface area (Å²) in [5.41, 5.74) is 0. The zero-order chi connectivity index (χ0) is 7.94. The molecule has 60 valence electrons. The molecule has 0 fully saturated rings. The molecule has 0 aliphatic carbocycles. The number of thioether (sulfide) groups is 1. The Kier molecular flexibility index (Phi) is 3.75. The smallest absolute Gasteiger partial charge is 0.222 e. The van der Waals surface area contributed by atoms with Crippen LogP contribution in [-0.2, 0) is 0 Å². The van der Waals surface area contributed by atoms with Gasteiger partial charge in [0.05, 0.1) is 0 Å². The van der Waals surface area contributed by atoms with E-state index in [1.807, 2.05) is 0 Å². The zero-order valence-electron chi connectivity index (χ0n) is 6.45. The maximum Gasteiger partial charge on any atom is 0.222 e. The van der Waals surface area contributed by atoms with E-state index in [0.717, 1.165) is 12.3 Å². The number of nitrogens with one attached hydrogen (secondary N) is 1. The first-order chi connectivity index (χ1) is 5.43. The molecule has 1 rings (SSSR count). The van der Waals surface area contributed by atoms with Crippen LogP contribution in [0.1, 0.15) is 0 Å². The first-order valence-corrected chi connectivity index (χ1v) is 4.82. The number of rotatable bonds is 4. The van der Waals surface area contributed by atoms with Gasteiger partial charge in [-0.05, 0) is 12.3 Å². The summed E-state index contributed by atoms with van der Waals surface area (Å²) in [6.07, 6.45) is 5.54. The topological polar surface area (TPSA) is 37.8 Å². The monoisotopic (exact) mass is 169 g/mol. The first-order valence-electron chi connectivity index (χ1n) is 3.43. The van der Waals surface area contributed by atoms with Crippen molar-refractivity contribution >= 4 is 17.7 Å². The summed E-state index contributed by atoms with van der Waals surface area (Å²) >= 11 is 1.80. The summed E-state index contributed by atoms with van der Waals surface area (Å²) in [4.78, 5) is 8.04. The molecule has 3 nitrogen and oxygen atoms in total. The van der Waals surface area contributed by atoms with Gasteiger partial charge in [-0.15, -0.1) is 0 Å². The van der Waals surface area contributed by atoms with Crippen LogP contribution in [0, 0.1) is 0 Å². The fraction of sp³-hybridized carbons (Fsp3) is 0.429. The van der Waals surface area contributed by atoms with Gasteiger partial charge in [0, 0.05) is 24.7 Å². The van der Waals surface area contributed by atoms with Gasteiger partial charge in [-0.1, -0.05) is 0 Å². The van der Waals surface area contributed by atoms with Gasteiger partial charge in [0.15, 0.2) is 0 Å². The van der Waals surface area contributed by atoms with Crippen molar-refractivity contribution in [3.63, 3.8) is 0 Å². The molecular formula is C7H11N3S. The van der Waals surface area contributed by atoms with Crippen molar-refractivity contribution in [2.24, 2.45) is 0 Å². The molecule has 0 saturated heterocycles. The third-order valence-electron chi connectivity index (χ3n) is 1.16. The largest absolute Gasteiger partial charge is 0.353 e. The van der Waals surface area contributed by atoms with Gasteiger partial charge in [0.1, 0.15) is 0 Å². The lowest BCUT2D eigenvalue weighted by molar-refractivity contribution is 1.09. The quantitative estimate of drug-likeness (QED) is 0.688. The zero-order valence-corrected chi connectivity index (χ0v) is 7.27. The van der Waals surface area contributed by atoms with E-state index in [0.29, 0.717) is 5.95 Å². The molecule has 0 saturated carbocycles. The van der Waals surface area contributed by atoms with Crippen molar-refractivity contribution in [2.75, 3.05) is 23.9 Å². The van der Waals surface area contributed by atoms with E-state index >= 15 is 0 Å². The van der Waals surface area contributed by atoms with Gasteiger partial charge in [0.2, 0.25) is 5.95 Å². The van der Waals surface area contributed by atoms with Crippen molar-refractivity contribution in [3.05, 3.63) is 18.5 Å². The molecule has 0 aliphatic rings. The number of anilines is 1. The number of aromatic nitrogens is 2. The fourth-order valence-corrected chi connectivity index (χ4v) is 0.961. The lowest BCUT2D eigenvalue weighted by Crippen LogP contribution is -2.06. The molecule has 1 aromatic rings. The van der Waals surface area contributed by atoms with Crippen molar-refractivity contribution in [3.8, 4) is 0 Å². The Morgan fingerprint density at radius 2 is 2.18 bits per heavy atom. The maximum atomic E-state index is 4.02. The van der Waals surface area contributed by atoms with Crippen LogP contribution >= 0.6 is 11.8 Å². The normalized spacial score (nSPS) is 9.55. The van der Waals surface area contributed by atoms with E-state index in [2.05, 4.69) is 21.5 Å². The molecular weight excluding hydrogens is 158 g/mol. The Balaban J connectivity index is 2.28. The molecule has 1 aromatic heterocycles. The standard InChI is InChI=1S/C7H11N3S/c1-11-6-5-10-7-8-3-2-4-9-7/h2-4H,5-6H2,1H3,(H,8,9,10). The third kappa shape index (κ3) is 3.23. The summed E-state index contributed by atoms with van der Waals surface area (Å²) in [5.74, 6) is 1.79. The van der Waals surface area contributed by atoms with Crippen LogP contribution < -0.4 is 5.32 Å². The fourth-order valence-electron chi connectivity index (χ4n) is 0.655. The van der Waals surface area contributed by atoms with Crippen LogP contribution in [0.4, 0.5) is 5.95 Å². The van der Waals surface area contributed by atoms with Crippen LogP contribution in [0.15, 0.2) is 18.5 Å². The Hall–Kier alpha value is -0.770. The second-order valence-electron chi connectivity index (χ2n) is 1.99. The molecule has 0 atom stereocenters. The van der Waals surface area contributed by atoms with Crippen molar-refractivity contribution in [1.29, 1.82) is 0 Å². The van der Waals surface area contributed by atoms with Crippen LogP contribution in [-0.4, -0.2) is 28.5 Å². The second kappa shape index (κ2) is 4.96. The Labute approximate surface area is 70.6 Å².